The zero-order valence-electron chi connectivity index (χ0n) is 7.93. The Hall–Kier alpha value is -1.43. The molecule has 1 aromatic rings. The van der Waals surface area contributed by atoms with Crippen LogP contribution in [0, 0.1) is 0 Å². The van der Waals surface area contributed by atoms with Crippen molar-refractivity contribution in [2.24, 2.45) is 0 Å². The van der Waals surface area contributed by atoms with Gasteiger partial charge in [0.15, 0.2) is 0 Å². The van der Waals surface area contributed by atoms with Gasteiger partial charge in [-0.25, -0.2) is 9.67 Å². The summed E-state index contributed by atoms with van der Waals surface area (Å²) in [6.07, 6.45) is 3.43. The van der Waals surface area contributed by atoms with Crippen LogP contribution in [0.1, 0.15) is 6.42 Å². The molecule has 0 aliphatic carbocycles. The second-order valence-electron chi connectivity index (χ2n) is 3.42. The second kappa shape index (κ2) is 3.38. The molecule has 1 aliphatic heterocycles. The van der Waals surface area contributed by atoms with E-state index in [0.717, 1.165) is 13.1 Å². The van der Waals surface area contributed by atoms with Crippen LogP contribution in [0.15, 0.2) is 12.7 Å². The van der Waals surface area contributed by atoms with Gasteiger partial charge in [-0.2, -0.15) is 5.10 Å². The highest BCUT2D eigenvalue weighted by molar-refractivity contribution is 5.70. The molecule has 1 fully saturated rings. The molecule has 1 saturated heterocycles. The number of hydrogen-bond donors (Lipinski definition) is 1. The van der Waals surface area contributed by atoms with Crippen molar-refractivity contribution in [3.8, 4) is 0 Å². The summed E-state index contributed by atoms with van der Waals surface area (Å²) in [5.41, 5.74) is -0.274. The Kier molecular flexibility index (Phi) is 2.20. The molecular weight excluding hydrogens is 184 g/mol. The molecule has 0 spiro atoms. The van der Waals surface area contributed by atoms with E-state index in [4.69, 9.17) is 0 Å². The van der Waals surface area contributed by atoms with Gasteiger partial charge in [-0.3, -0.25) is 4.79 Å². The summed E-state index contributed by atoms with van der Waals surface area (Å²) in [6, 6.07) is 0. The first-order valence-corrected chi connectivity index (χ1v) is 4.39. The van der Waals surface area contributed by atoms with Crippen LogP contribution >= 0.6 is 0 Å². The first-order valence-electron chi connectivity index (χ1n) is 4.39. The molecule has 0 radical (unpaired) electrons. The smallest absolute Gasteiger partial charge is 0.308 e. The van der Waals surface area contributed by atoms with Crippen LogP contribution in [-0.2, 0) is 15.1 Å². The molecular formula is C8H12N4O2. The minimum atomic E-state index is -0.274. The molecule has 6 heteroatoms. The molecule has 0 unspecified atom stereocenters. The summed E-state index contributed by atoms with van der Waals surface area (Å²) in [7, 11) is 1.39. The Bertz CT molecular complexity index is 318. The zero-order valence-corrected chi connectivity index (χ0v) is 7.93. The van der Waals surface area contributed by atoms with Gasteiger partial charge in [0.05, 0.1) is 19.1 Å². The average molecular weight is 196 g/mol. The average Bonchev–Trinajstić information content (AvgIpc) is 2.63. The van der Waals surface area contributed by atoms with Crippen LogP contribution in [0.2, 0.25) is 0 Å². The molecule has 6 nitrogen and oxygen atoms in total. The summed E-state index contributed by atoms with van der Waals surface area (Å²) in [5, 5.41) is 7.18. The lowest BCUT2D eigenvalue weighted by atomic mass is 9.89. The summed E-state index contributed by atoms with van der Waals surface area (Å²) in [4.78, 5) is 15.1. The molecule has 2 rings (SSSR count). The SMILES string of the molecule is COC(=O)CC1(n2cncn2)CNC1. The van der Waals surface area contributed by atoms with Crippen LogP contribution in [0.5, 0.6) is 0 Å². The largest absolute Gasteiger partial charge is 0.469 e. The normalized spacial score (nSPS) is 18.6. The van der Waals surface area contributed by atoms with E-state index in [2.05, 4.69) is 20.1 Å². The number of rotatable bonds is 3. The van der Waals surface area contributed by atoms with E-state index in [1.807, 2.05) is 0 Å². The number of carbonyl (C=O) groups excluding carboxylic acids is 1. The Morgan fingerprint density at radius 3 is 2.93 bits per heavy atom. The summed E-state index contributed by atoms with van der Waals surface area (Å²) in [6.45, 7) is 1.46. The summed E-state index contributed by atoms with van der Waals surface area (Å²) in [5.74, 6) is -0.220. The molecule has 1 N–H and O–H groups in total. The fourth-order valence-corrected chi connectivity index (χ4v) is 1.58. The number of nitrogens with zero attached hydrogens (tertiary/aromatic N) is 3. The lowest BCUT2D eigenvalue weighted by Gasteiger charge is -2.41. The fourth-order valence-electron chi connectivity index (χ4n) is 1.58. The number of aromatic nitrogens is 3. The maximum absolute atomic E-state index is 11.2. The first-order chi connectivity index (χ1) is 6.77. The van der Waals surface area contributed by atoms with Crippen molar-refractivity contribution in [2.75, 3.05) is 20.2 Å². The molecule has 0 atom stereocenters. The highest BCUT2D eigenvalue weighted by atomic mass is 16.5. The van der Waals surface area contributed by atoms with Gasteiger partial charge in [-0.15, -0.1) is 0 Å². The molecule has 14 heavy (non-hydrogen) atoms. The quantitative estimate of drug-likeness (QED) is 0.637. The lowest BCUT2D eigenvalue weighted by molar-refractivity contribution is -0.144. The van der Waals surface area contributed by atoms with Gasteiger partial charge in [0, 0.05) is 13.1 Å². The van der Waals surface area contributed by atoms with Gasteiger partial charge in [-0.1, -0.05) is 0 Å². The van der Waals surface area contributed by atoms with Crippen LogP contribution in [-0.4, -0.2) is 40.9 Å². The van der Waals surface area contributed by atoms with Gasteiger partial charge in [0.2, 0.25) is 0 Å². The molecule has 0 aromatic carbocycles. The maximum atomic E-state index is 11.2. The van der Waals surface area contributed by atoms with Gasteiger partial charge in [0.1, 0.15) is 12.7 Å². The Labute approximate surface area is 81.3 Å². The predicted molar refractivity (Wildman–Crippen MR) is 47.5 cm³/mol. The Balaban J connectivity index is 2.14. The van der Waals surface area contributed by atoms with Gasteiger partial charge in [0.25, 0.3) is 0 Å². The van der Waals surface area contributed by atoms with E-state index in [-0.39, 0.29) is 11.5 Å². The standard InChI is InChI=1S/C8H12N4O2/c1-14-7(13)2-8(3-9-4-8)12-6-10-5-11-12/h5-6,9H,2-4H2,1H3. The number of methoxy groups -OCH3 is 1. The van der Waals surface area contributed by atoms with E-state index in [9.17, 15) is 4.79 Å². The maximum Gasteiger partial charge on any atom is 0.308 e. The van der Waals surface area contributed by atoms with Gasteiger partial charge < -0.3 is 10.1 Å². The second-order valence-corrected chi connectivity index (χ2v) is 3.42. The van der Waals surface area contributed by atoms with Crippen molar-refractivity contribution < 1.29 is 9.53 Å². The van der Waals surface area contributed by atoms with E-state index < -0.39 is 0 Å². The Morgan fingerprint density at radius 2 is 2.50 bits per heavy atom. The molecule has 0 bridgehead atoms. The third-order valence-electron chi connectivity index (χ3n) is 2.51. The van der Waals surface area contributed by atoms with Crippen molar-refractivity contribution in [1.29, 1.82) is 0 Å². The first kappa shape index (κ1) is 9.14. The molecule has 76 valence electrons. The van der Waals surface area contributed by atoms with Crippen molar-refractivity contribution in [3.05, 3.63) is 12.7 Å². The van der Waals surface area contributed by atoms with E-state index in [1.54, 1.807) is 11.0 Å². The Morgan fingerprint density at radius 1 is 1.71 bits per heavy atom. The molecule has 0 amide bonds. The minimum Gasteiger partial charge on any atom is -0.469 e. The number of ether oxygens (including phenoxy) is 1. The highest BCUT2D eigenvalue weighted by Crippen LogP contribution is 2.24. The third kappa shape index (κ3) is 1.37. The van der Waals surface area contributed by atoms with E-state index in [0.29, 0.717) is 6.42 Å². The topological polar surface area (TPSA) is 69.0 Å². The molecule has 2 heterocycles. The van der Waals surface area contributed by atoms with Crippen LogP contribution in [0.3, 0.4) is 0 Å². The predicted octanol–water partition coefficient (Wildman–Crippen LogP) is -0.860. The molecule has 1 aromatic heterocycles. The van der Waals surface area contributed by atoms with Crippen LogP contribution in [0.25, 0.3) is 0 Å². The number of esters is 1. The number of carbonyl (C=O) groups is 1. The van der Waals surface area contributed by atoms with Gasteiger partial charge >= 0.3 is 5.97 Å². The molecule has 1 aliphatic rings. The lowest BCUT2D eigenvalue weighted by Crippen LogP contribution is -2.61. The van der Waals surface area contributed by atoms with Crippen molar-refractivity contribution >= 4 is 5.97 Å². The van der Waals surface area contributed by atoms with Crippen LogP contribution < -0.4 is 5.32 Å². The van der Waals surface area contributed by atoms with E-state index in [1.165, 1.54) is 13.4 Å². The zero-order chi connectivity index (χ0) is 10.0. The van der Waals surface area contributed by atoms with Crippen molar-refractivity contribution in [2.45, 2.75) is 12.0 Å². The summed E-state index contributed by atoms with van der Waals surface area (Å²) < 4.78 is 6.37. The fraction of sp³-hybridized carbons (Fsp3) is 0.625. The van der Waals surface area contributed by atoms with Gasteiger partial charge in [-0.05, 0) is 0 Å². The van der Waals surface area contributed by atoms with Crippen molar-refractivity contribution in [1.82, 2.24) is 20.1 Å². The number of nitrogens with one attached hydrogen (secondary N) is 1. The third-order valence-corrected chi connectivity index (χ3v) is 2.51. The highest BCUT2D eigenvalue weighted by Gasteiger charge is 2.42. The monoisotopic (exact) mass is 196 g/mol. The van der Waals surface area contributed by atoms with Crippen LogP contribution in [0.4, 0.5) is 0 Å². The van der Waals surface area contributed by atoms with E-state index >= 15 is 0 Å². The number of hydrogen-bond acceptors (Lipinski definition) is 5. The molecule has 0 saturated carbocycles. The minimum absolute atomic E-state index is 0.220. The summed E-state index contributed by atoms with van der Waals surface area (Å²) >= 11 is 0. The van der Waals surface area contributed by atoms with Crippen molar-refractivity contribution in [3.63, 3.8) is 0 Å².